The first-order valence-electron chi connectivity index (χ1n) is 7.98. The normalized spacial score (nSPS) is 22.2. The lowest BCUT2D eigenvalue weighted by Crippen LogP contribution is -2.42. The fraction of sp³-hybridized carbons (Fsp3) is 0.611. The lowest BCUT2D eigenvalue weighted by molar-refractivity contribution is 0.0284. The van der Waals surface area contributed by atoms with Crippen LogP contribution in [-0.2, 0) is 10.3 Å². The Morgan fingerprint density at radius 3 is 2.64 bits per heavy atom. The van der Waals surface area contributed by atoms with E-state index in [4.69, 9.17) is 10.5 Å². The maximum atomic E-state index is 12.2. The maximum absolute atomic E-state index is 12.2. The molecular weight excluding hydrogens is 276 g/mol. The lowest BCUT2D eigenvalue weighted by Gasteiger charge is -2.28. The molecule has 1 aromatic rings. The van der Waals surface area contributed by atoms with Gasteiger partial charge in [-0.1, -0.05) is 38.1 Å². The van der Waals surface area contributed by atoms with Crippen molar-refractivity contribution in [2.75, 3.05) is 13.1 Å². The van der Waals surface area contributed by atoms with Gasteiger partial charge in [0.2, 0.25) is 0 Å². The highest BCUT2D eigenvalue weighted by Gasteiger charge is 2.39. The Labute approximate surface area is 133 Å². The summed E-state index contributed by atoms with van der Waals surface area (Å²) in [5.41, 5.74) is 8.01. The third-order valence-electron chi connectivity index (χ3n) is 4.08. The molecule has 1 aliphatic rings. The second-order valence-corrected chi connectivity index (χ2v) is 7.59. The number of nitrogens with two attached hydrogens (primary N) is 1. The number of carbonyl (C=O) groups excluding carboxylic acids is 1. The summed E-state index contributed by atoms with van der Waals surface area (Å²) >= 11 is 0. The Balaban J connectivity index is 2.13. The van der Waals surface area contributed by atoms with Gasteiger partial charge < -0.3 is 15.4 Å². The van der Waals surface area contributed by atoms with Crippen LogP contribution in [0.4, 0.5) is 4.79 Å². The second-order valence-electron chi connectivity index (χ2n) is 7.59. The van der Waals surface area contributed by atoms with Crippen molar-refractivity contribution in [3.05, 3.63) is 35.4 Å². The highest BCUT2D eigenvalue weighted by Crippen LogP contribution is 2.32. The van der Waals surface area contributed by atoms with Gasteiger partial charge in [-0.05, 0) is 44.2 Å². The summed E-state index contributed by atoms with van der Waals surface area (Å²) in [5.74, 6) is 0.465. The summed E-state index contributed by atoms with van der Waals surface area (Å²) < 4.78 is 5.44. The second kappa shape index (κ2) is 5.92. The van der Waals surface area contributed by atoms with Crippen LogP contribution < -0.4 is 5.73 Å². The molecule has 0 saturated carbocycles. The predicted molar refractivity (Wildman–Crippen MR) is 88.8 cm³/mol. The first-order chi connectivity index (χ1) is 10.1. The SMILES string of the molecule is CC(C)c1cccc(C2(N)CCN(C(=O)OC(C)(C)C)C2)c1. The van der Waals surface area contributed by atoms with Gasteiger partial charge in [-0.3, -0.25) is 0 Å². The van der Waals surface area contributed by atoms with E-state index in [1.807, 2.05) is 20.8 Å². The van der Waals surface area contributed by atoms with E-state index in [-0.39, 0.29) is 6.09 Å². The van der Waals surface area contributed by atoms with E-state index in [1.54, 1.807) is 4.90 Å². The molecule has 4 nitrogen and oxygen atoms in total. The number of hydrogen-bond acceptors (Lipinski definition) is 3. The van der Waals surface area contributed by atoms with E-state index < -0.39 is 11.1 Å². The van der Waals surface area contributed by atoms with Gasteiger partial charge in [0.25, 0.3) is 0 Å². The van der Waals surface area contributed by atoms with Gasteiger partial charge in [0.1, 0.15) is 5.60 Å². The van der Waals surface area contributed by atoms with Gasteiger partial charge in [0, 0.05) is 13.1 Å². The van der Waals surface area contributed by atoms with Crippen molar-refractivity contribution in [3.63, 3.8) is 0 Å². The number of nitrogens with zero attached hydrogens (tertiary/aromatic N) is 1. The van der Waals surface area contributed by atoms with Crippen molar-refractivity contribution >= 4 is 6.09 Å². The highest BCUT2D eigenvalue weighted by molar-refractivity contribution is 5.69. The van der Waals surface area contributed by atoms with Gasteiger partial charge in [-0.25, -0.2) is 4.79 Å². The van der Waals surface area contributed by atoms with E-state index in [0.29, 0.717) is 19.0 Å². The van der Waals surface area contributed by atoms with Crippen LogP contribution in [0.3, 0.4) is 0 Å². The number of amides is 1. The lowest BCUT2D eigenvalue weighted by atomic mass is 9.87. The van der Waals surface area contributed by atoms with Crippen LogP contribution in [0.2, 0.25) is 0 Å². The Bertz CT molecular complexity index is 548. The van der Waals surface area contributed by atoms with Crippen molar-refractivity contribution in [1.29, 1.82) is 0 Å². The first kappa shape index (κ1) is 16.8. The third kappa shape index (κ3) is 3.80. The number of hydrogen-bond donors (Lipinski definition) is 1. The molecule has 2 N–H and O–H groups in total. The minimum Gasteiger partial charge on any atom is -0.444 e. The Morgan fingerprint density at radius 1 is 1.36 bits per heavy atom. The maximum Gasteiger partial charge on any atom is 0.410 e. The summed E-state index contributed by atoms with van der Waals surface area (Å²) in [6, 6.07) is 8.40. The number of likely N-dealkylation sites (tertiary alicyclic amines) is 1. The third-order valence-corrected chi connectivity index (χ3v) is 4.08. The first-order valence-corrected chi connectivity index (χ1v) is 7.98. The fourth-order valence-corrected chi connectivity index (χ4v) is 2.76. The zero-order valence-corrected chi connectivity index (χ0v) is 14.3. The summed E-state index contributed by atoms with van der Waals surface area (Å²) in [5, 5.41) is 0. The van der Waals surface area contributed by atoms with Gasteiger partial charge in [-0.15, -0.1) is 0 Å². The van der Waals surface area contributed by atoms with Crippen molar-refractivity contribution in [2.45, 2.75) is 58.1 Å². The van der Waals surface area contributed by atoms with E-state index in [2.05, 4.69) is 38.1 Å². The molecule has 122 valence electrons. The van der Waals surface area contributed by atoms with E-state index in [0.717, 1.165) is 12.0 Å². The molecule has 2 rings (SSSR count). The molecule has 4 heteroatoms. The smallest absolute Gasteiger partial charge is 0.410 e. The van der Waals surface area contributed by atoms with Crippen LogP contribution in [0.5, 0.6) is 0 Å². The monoisotopic (exact) mass is 304 g/mol. The Morgan fingerprint density at radius 2 is 2.05 bits per heavy atom. The largest absolute Gasteiger partial charge is 0.444 e. The average Bonchev–Trinajstić information content (AvgIpc) is 2.81. The molecule has 0 spiro atoms. The van der Waals surface area contributed by atoms with E-state index >= 15 is 0 Å². The van der Waals surface area contributed by atoms with Crippen LogP contribution in [0, 0.1) is 0 Å². The molecular formula is C18H28N2O2. The molecule has 1 atom stereocenters. The number of rotatable bonds is 2. The van der Waals surface area contributed by atoms with Crippen LogP contribution in [0.25, 0.3) is 0 Å². The summed E-state index contributed by atoms with van der Waals surface area (Å²) in [6.07, 6.45) is 0.480. The molecule has 0 radical (unpaired) electrons. The standard InChI is InChI=1S/C18H28N2O2/c1-13(2)14-7-6-8-15(11-14)18(19)9-10-20(12-18)16(21)22-17(3,4)5/h6-8,11,13H,9-10,12,19H2,1-5H3. The van der Waals surface area contributed by atoms with Crippen LogP contribution in [0.15, 0.2) is 24.3 Å². The number of benzene rings is 1. The average molecular weight is 304 g/mol. The molecule has 1 heterocycles. The summed E-state index contributed by atoms with van der Waals surface area (Å²) in [6.45, 7) is 11.1. The minimum absolute atomic E-state index is 0.278. The number of carbonyl (C=O) groups is 1. The molecule has 1 saturated heterocycles. The number of ether oxygens (including phenoxy) is 1. The summed E-state index contributed by atoms with van der Waals surface area (Å²) in [4.78, 5) is 13.9. The summed E-state index contributed by atoms with van der Waals surface area (Å²) in [7, 11) is 0. The zero-order chi connectivity index (χ0) is 16.5. The predicted octanol–water partition coefficient (Wildman–Crippen LogP) is 3.60. The van der Waals surface area contributed by atoms with Crippen LogP contribution >= 0.6 is 0 Å². The van der Waals surface area contributed by atoms with Gasteiger partial charge in [0.05, 0.1) is 5.54 Å². The van der Waals surface area contributed by atoms with Crippen molar-refractivity contribution in [1.82, 2.24) is 4.90 Å². The van der Waals surface area contributed by atoms with Gasteiger partial charge in [0.15, 0.2) is 0 Å². The Hall–Kier alpha value is -1.55. The van der Waals surface area contributed by atoms with Crippen molar-refractivity contribution < 1.29 is 9.53 Å². The molecule has 1 aliphatic heterocycles. The molecule has 1 fully saturated rings. The minimum atomic E-state index is -0.484. The topological polar surface area (TPSA) is 55.6 Å². The van der Waals surface area contributed by atoms with Gasteiger partial charge >= 0.3 is 6.09 Å². The van der Waals surface area contributed by atoms with Crippen molar-refractivity contribution in [3.8, 4) is 0 Å². The highest BCUT2D eigenvalue weighted by atomic mass is 16.6. The quantitative estimate of drug-likeness (QED) is 0.908. The Kier molecular flexibility index (Phi) is 4.52. The van der Waals surface area contributed by atoms with E-state index in [1.165, 1.54) is 5.56 Å². The van der Waals surface area contributed by atoms with E-state index in [9.17, 15) is 4.79 Å². The molecule has 1 aromatic carbocycles. The molecule has 0 aromatic heterocycles. The fourth-order valence-electron chi connectivity index (χ4n) is 2.76. The molecule has 1 amide bonds. The van der Waals surface area contributed by atoms with Crippen LogP contribution in [-0.4, -0.2) is 29.7 Å². The molecule has 0 bridgehead atoms. The zero-order valence-electron chi connectivity index (χ0n) is 14.3. The molecule has 22 heavy (non-hydrogen) atoms. The van der Waals surface area contributed by atoms with Crippen molar-refractivity contribution in [2.24, 2.45) is 5.73 Å². The van der Waals surface area contributed by atoms with Crippen LogP contribution in [0.1, 0.15) is 58.1 Å². The molecule has 0 aliphatic carbocycles. The molecule has 1 unspecified atom stereocenters. The van der Waals surface area contributed by atoms with Gasteiger partial charge in [-0.2, -0.15) is 0 Å².